The zero-order valence-corrected chi connectivity index (χ0v) is 14.1. The fourth-order valence-electron chi connectivity index (χ4n) is 3.60. The Bertz CT molecular complexity index is 441. The fraction of sp³-hybridized carbons (Fsp3) is 0.650. The summed E-state index contributed by atoms with van der Waals surface area (Å²) >= 11 is 0. The molecule has 0 aromatic heterocycles. The molecule has 2 rings (SSSR count). The average Bonchev–Trinajstić information content (AvgIpc) is 2.58. The molecule has 1 aliphatic carbocycles. The van der Waals surface area contributed by atoms with E-state index in [1.54, 1.807) is 0 Å². The lowest BCUT2D eigenvalue weighted by Gasteiger charge is -2.28. The molecular weight excluding hydrogens is 272 g/mol. The zero-order chi connectivity index (χ0) is 15.8. The van der Waals surface area contributed by atoms with Gasteiger partial charge in [0.05, 0.1) is 12.7 Å². The quantitative estimate of drug-likeness (QED) is 0.630. The molecule has 0 atom stereocenters. The highest BCUT2D eigenvalue weighted by Crippen LogP contribution is 2.34. The van der Waals surface area contributed by atoms with Crippen LogP contribution in [0, 0.1) is 11.8 Å². The average molecular weight is 302 g/mol. The van der Waals surface area contributed by atoms with Crippen molar-refractivity contribution in [2.45, 2.75) is 64.7 Å². The van der Waals surface area contributed by atoms with Gasteiger partial charge in [-0.1, -0.05) is 64.0 Å². The van der Waals surface area contributed by atoms with Crippen LogP contribution >= 0.6 is 0 Å². The van der Waals surface area contributed by atoms with E-state index in [-0.39, 0.29) is 5.97 Å². The molecular formula is C20H30O2. The summed E-state index contributed by atoms with van der Waals surface area (Å²) in [6.07, 6.45) is 12.3. The molecule has 1 aliphatic rings. The number of hydrogen-bond donors (Lipinski definition) is 0. The van der Waals surface area contributed by atoms with E-state index in [1.807, 2.05) is 12.1 Å². The standard InChI is InChI=1S/C20H30O2/c1-3-4-5-16-6-8-17(9-7-16)10-11-18-12-14-19(15-13-18)20(21)22-2/h12-17H,3-11H2,1-2H3. The highest BCUT2D eigenvalue weighted by molar-refractivity contribution is 5.89. The first-order valence-electron chi connectivity index (χ1n) is 8.90. The van der Waals surface area contributed by atoms with Gasteiger partial charge in [-0.05, 0) is 42.4 Å². The first-order chi connectivity index (χ1) is 10.7. The summed E-state index contributed by atoms with van der Waals surface area (Å²) in [5.74, 6) is 1.64. The number of unbranched alkanes of at least 4 members (excludes halogenated alkanes) is 1. The summed E-state index contributed by atoms with van der Waals surface area (Å²) in [6, 6.07) is 7.89. The summed E-state index contributed by atoms with van der Waals surface area (Å²) in [5.41, 5.74) is 1.98. The molecule has 0 N–H and O–H groups in total. The monoisotopic (exact) mass is 302 g/mol. The second-order valence-electron chi connectivity index (χ2n) is 6.76. The van der Waals surface area contributed by atoms with Crippen LogP contribution < -0.4 is 0 Å². The Hall–Kier alpha value is -1.31. The van der Waals surface area contributed by atoms with Crippen LogP contribution in [0.5, 0.6) is 0 Å². The molecule has 122 valence electrons. The van der Waals surface area contributed by atoms with Crippen LogP contribution in [-0.4, -0.2) is 13.1 Å². The Morgan fingerprint density at radius 3 is 2.18 bits per heavy atom. The van der Waals surface area contributed by atoms with Crippen molar-refractivity contribution in [3.63, 3.8) is 0 Å². The molecule has 0 radical (unpaired) electrons. The predicted octanol–water partition coefficient (Wildman–Crippen LogP) is 5.40. The van der Waals surface area contributed by atoms with Crippen molar-refractivity contribution >= 4 is 5.97 Å². The molecule has 0 spiro atoms. The fourth-order valence-corrected chi connectivity index (χ4v) is 3.60. The maximum Gasteiger partial charge on any atom is 0.337 e. The molecule has 1 aromatic carbocycles. The van der Waals surface area contributed by atoms with Crippen molar-refractivity contribution in [2.75, 3.05) is 7.11 Å². The van der Waals surface area contributed by atoms with Crippen molar-refractivity contribution in [1.29, 1.82) is 0 Å². The van der Waals surface area contributed by atoms with Gasteiger partial charge in [0, 0.05) is 0 Å². The van der Waals surface area contributed by atoms with Crippen molar-refractivity contribution in [1.82, 2.24) is 0 Å². The normalized spacial score (nSPS) is 21.5. The van der Waals surface area contributed by atoms with Crippen LogP contribution in [0.25, 0.3) is 0 Å². The summed E-state index contributed by atoms with van der Waals surface area (Å²) in [6.45, 7) is 2.29. The summed E-state index contributed by atoms with van der Waals surface area (Å²) in [7, 11) is 1.42. The minimum atomic E-state index is -0.253. The molecule has 0 saturated heterocycles. The maximum absolute atomic E-state index is 11.4. The molecule has 0 heterocycles. The third-order valence-corrected chi connectivity index (χ3v) is 5.15. The van der Waals surface area contributed by atoms with Crippen LogP contribution in [0.2, 0.25) is 0 Å². The Morgan fingerprint density at radius 2 is 1.64 bits per heavy atom. The van der Waals surface area contributed by atoms with Crippen LogP contribution in [-0.2, 0) is 11.2 Å². The van der Waals surface area contributed by atoms with Gasteiger partial charge in [-0.3, -0.25) is 0 Å². The van der Waals surface area contributed by atoms with E-state index in [9.17, 15) is 4.79 Å². The Kier molecular flexibility index (Phi) is 6.95. The van der Waals surface area contributed by atoms with E-state index in [0.29, 0.717) is 5.56 Å². The number of carbonyl (C=O) groups is 1. The largest absolute Gasteiger partial charge is 0.465 e. The van der Waals surface area contributed by atoms with E-state index < -0.39 is 0 Å². The van der Waals surface area contributed by atoms with E-state index >= 15 is 0 Å². The number of aryl methyl sites for hydroxylation is 1. The highest BCUT2D eigenvalue weighted by Gasteiger charge is 2.20. The smallest absolute Gasteiger partial charge is 0.337 e. The van der Waals surface area contributed by atoms with Crippen molar-refractivity contribution in [3.05, 3.63) is 35.4 Å². The van der Waals surface area contributed by atoms with Gasteiger partial charge in [0.1, 0.15) is 0 Å². The van der Waals surface area contributed by atoms with Crippen LogP contribution in [0.3, 0.4) is 0 Å². The van der Waals surface area contributed by atoms with Crippen LogP contribution in [0.15, 0.2) is 24.3 Å². The van der Waals surface area contributed by atoms with Gasteiger partial charge in [-0.2, -0.15) is 0 Å². The van der Waals surface area contributed by atoms with Crippen LogP contribution in [0.4, 0.5) is 0 Å². The van der Waals surface area contributed by atoms with Gasteiger partial charge >= 0.3 is 5.97 Å². The van der Waals surface area contributed by atoms with Gasteiger partial charge in [0.15, 0.2) is 0 Å². The number of hydrogen-bond acceptors (Lipinski definition) is 2. The van der Waals surface area contributed by atoms with Gasteiger partial charge < -0.3 is 4.74 Å². The second kappa shape index (κ2) is 8.97. The number of esters is 1. The lowest BCUT2D eigenvalue weighted by molar-refractivity contribution is 0.0600. The van der Waals surface area contributed by atoms with Gasteiger partial charge in [-0.25, -0.2) is 4.79 Å². The number of methoxy groups -OCH3 is 1. The third kappa shape index (κ3) is 5.15. The first kappa shape index (κ1) is 17.1. The van der Waals surface area contributed by atoms with Crippen LogP contribution in [0.1, 0.15) is 74.2 Å². The molecule has 1 saturated carbocycles. The molecule has 1 aromatic rings. The van der Waals surface area contributed by atoms with Crippen molar-refractivity contribution in [2.24, 2.45) is 11.8 Å². The Balaban J connectivity index is 1.71. The molecule has 0 amide bonds. The highest BCUT2D eigenvalue weighted by atomic mass is 16.5. The molecule has 1 fully saturated rings. The number of carbonyl (C=O) groups excluding carboxylic acids is 1. The van der Waals surface area contributed by atoms with E-state index in [1.165, 1.54) is 64.0 Å². The predicted molar refractivity (Wildman–Crippen MR) is 91.1 cm³/mol. The minimum absolute atomic E-state index is 0.253. The topological polar surface area (TPSA) is 26.3 Å². The number of ether oxygens (including phenoxy) is 1. The van der Waals surface area contributed by atoms with E-state index in [0.717, 1.165) is 18.3 Å². The number of rotatable bonds is 7. The summed E-state index contributed by atoms with van der Waals surface area (Å²) in [5, 5.41) is 0. The SMILES string of the molecule is CCCCC1CCC(CCc2ccc(C(=O)OC)cc2)CC1. The maximum atomic E-state index is 11.4. The molecule has 2 heteroatoms. The molecule has 0 unspecified atom stereocenters. The zero-order valence-electron chi connectivity index (χ0n) is 14.1. The summed E-state index contributed by atoms with van der Waals surface area (Å²) < 4.78 is 4.73. The molecule has 0 bridgehead atoms. The van der Waals surface area contributed by atoms with Crippen molar-refractivity contribution in [3.8, 4) is 0 Å². The summed E-state index contributed by atoms with van der Waals surface area (Å²) in [4.78, 5) is 11.4. The molecule has 0 aliphatic heterocycles. The third-order valence-electron chi connectivity index (χ3n) is 5.15. The van der Waals surface area contributed by atoms with Crippen molar-refractivity contribution < 1.29 is 9.53 Å². The van der Waals surface area contributed by atoms with E-state index in [4.69, 9.17) is 4.74 Å². The first-order valence-corrected chi connectivity index (χ1v) is 8.90. The molecule has 22 heavy (non-hydrogen) atoms. The van der Waals surface area contributed by atoms with Gasteiger partial charge in [0.25, 0.3) is 0 Å². The van der Waals surface area contributed by atoms with E-state index in [2.05, 4.69) is 19.1 Å². The van der Waals surface area contributed by atoms with Gasteiger partial charge in [0.2, 0.25) is 0 Å². The second-order valence-corrected chi connectivity index (χ2v) is 6.76. The minimum Gasteiger partial charge on any atom is -0.465 e. The number of benzene rings is 1. The Morgan fingerprint density at radius 1 is 1.05 bits per heavy atom. The lowest BCUT2D eigenvalue weighted by atomic mass is 9.78. The van der Waals surface area contributed by atoms with Gasteiger partial charge in [-0.15, -0.1) is 0 Å². The molecule has 2 nitrogen and oxygen atoms in total. The Labute approximate surface area is 135 Å². The lowest BCUT2D eigenvalue weighted by Crippen LogP contribution is -2.15.